The molecule has 3 heteroatoms. The monoisotopic (exact) mass is 277 g/mol. The van der Waals surface area contributed by atoms with Crippen molar-refractivity contribution in [1.82, 2.24) is 5.32 Å². The van der Waals surface area contributed by atoms with Crippen molar-refractivity contribution in [2.24, 2.45) is 5.92 Å². The molecule has 20 heavy (non-hydrogen) atoms. The van der Waals surface area contributed by atoms with Gasteiger partial charge in [-0.05, 0) is 49.4 Å². The molecule has 0 unspecified atom stereocenters. The summed E-state index contributed by atoms with van der Waals surface area (Å²) in [5, 5.41) is 3.69. The predicted octanol–water partition coefficient (Wildman–Crippen LogP) is 3.41. The fraction of sp³-hybridized carbons (Fsp3) is 0.647. The van der Waals surface area contributed by atoms with Gasteiger partial charge < -0.3 is 14.8 Å². The standard InChI is InChI=1S/C17H27NO2/c1-13-5-4-6-15(11-13)18-10-9-14-7-8-16(19-2)17(12-14)20-3/h7-8,12-13,15,18H,4-6,9-11H2,1-3H3/t13-,15+/m1/s1. The van der Waals surface area contributed by atoms with Crippen molar-refractivity contribution in [3.05, 3.63) is 23.8 Å². The molecule has 0 aliphatic heterocycles. The summed E-state index contributed by atoms with van der Waals surface area (Å²) in [7, 11) is 3.35. The molecule has 0 spiro atoms. The van der Waals surface area contributed by atoms with Gasteiger partial charge in [0.1, 0.15) is 0 Å². The third kappa shape index (κ3) is 4.14. The Morgan fingerprint density at radius 1 is 1.15 bits per heavy atom. The van der Waals surface area contributed by atoms with Gasteiger partial charge in [0.15, 0.2) is 11.5 Å². The fourth-order valence-electron chi connectivity index (χ4n) is 3.08. The molecular weight excluding hydrogens is 250 g/mol. The summed E-state index contributed by atoms with van der Waals surface area (Å²) in [4.78, 5) is 0. The minimum Gasteiger partial charge on any atom is -0.493 e. The molecule has 0 heterocycles. The van der Waals surface area contributed by atoms with Gasteiger partial charge in [-0.25, -0.2) is 0 Å². The van der Waals surface area contributed by atoms with Crippen LogP contribution >= 0.6 is 0 Å². The molecule has 1 aromatic rings. The van der Waals surface area contributed by atoms with Crippen LogP contribution in [0.15, 0.2) is 18.2 Å². The van der Waals surface area contributed by atoms with E-state index < -0.39 is 0 Å². The van der Waals surface area contributed by atoms with Crippen LogP contribution in [0.5, 0.6) is 11.5 Å². The highest BCUT2D eigenvalue weighted by Crippen LogP contribution is 2.28. The zero-order valence-corrected chi connectivity index (χ0v) is 12.9. The van der Waals surface area contributed by atoms with E-state index in [1.54, 1.807) is 14.2 Å². The first-order valence-corrected chi connectivity index (χ1v) is 7.67. The normalized spacial score (nSPS) is 22.6. The molecule has 1 aliphatic carbocycles. The molecule has 1 aromatic carbocycles. The van der Waals surface area contributed by atoms with E-state index in [2.05, 4.69) is 24.4 Å². The number of methoxy groups -OCH3 is 2. The molecule has 0 saturated heterocycles. The number of hydrogen-bond donors (Lipinski definition) is 1. The molecule has 3 nitrogen and oxygen atoms in total. The van der Waals surface area contributed by atoms with Crippen LogP contribution in [0, 0.1) is 5.92 Å². The average molecular weight is 277 g/mol. The Balaban J connectivity index is 1.81. The van der Waals surface area contributed by atoms with Crippen LogP contribution in [-0.2, 0) is 6.42 Å². The van der Waals surface area contributed by atoms with Crippen molar-refractivity contribution in [3.8, 4) is 11.5 Å². The number of nitrogens with one attached hydrogen (secondary N) is 1. The average Bonchev–Trinajstić information content (AvgIpc) is 2.47. The Bertz CT molecular complexity index is 419. The van der Waals surface area contributed by atoms with Crippen molar-refractivity contribution >= 4 is 0 Å². The number of rotatable bonds is 6. The van der Waals surface area contributed by atoms with Gasteiger partial charge in [-0.15, -0.1) is 0 Å². The molecule has 1 saturated carbocycles. The maximum absolute atomic E-state index is 5.34. The Morgan fingerprint density at radius 2 is 1.95 bits per heavy atom. The van der Waals surface area contributed by atoms with Crippen molar-refractivity contribution < 1.29 is 9.47 Å². The van der Waals surface area contributed by atoms with Gasteiger partial charge in [0.2, 0.25) is 0 Å². The molecule has 1 aliphatic rings. The van der Waals surface area contributed by atoms with E-state index >= 15 is 0 Å². The Kier molecular flexibility index (Phi) is 5.72. The second-order valence-corrected chi connectivity index (χ2v) is 5.86. The maximum Gasteiger partial charge on any atom is 0.160 e. The van der Waals surface area contributed by atoms with Gasteiger partial charge in [-0.3, -0.25) is 0 Å². The minimum atomic E-state index is 0.707. The van der Waals surface area contributed by atoms with E-state index in [9.17, 15) is 0 Å². The van der Waals surface area contributed by atoms with Gasteiger partial charge in [0.25, 0.3) is 0 Å². The second kappa shape index (κ2) is 7.53. The highest BCUT2D eigenvalue weighted by atomic mass is 16.5. The predicted molar refractivity (Wildman–Crippen MR) is 82.7 cm³/mol. The molecule has 2 atom stereocenters. The van der Waals surface area contributed by atoms with E-state index in [0.29, 0.717) is 6.04 Å². The SMILES string of the molecule is COc1ccc(CCN[C@H]2CCC[C@@H](C)C2)cc1OC. The van der Waals surface area contributed by atoms with Gasteiger partial charge in [0.05, 0.1) is 14.2 Å². The fourth-order valence-corrected chi connectivity index (χ4v) is 3.08. The highest BCUT2D eigenvalue weighted by molar-refractivity contribution is 5.42. The van der Waals surface area contributed by atoms with E-state index in [1.165, 1.54) is 31.2 Å². The Labute approximate surface area is 122 Å². The molecule has 0 radical (unpaired) electrons. The molecule has 0 aromatic heterocycles. The van der Waals surface area contributed by atoms with Gasteiger partial charge in [-0.2, -0.15) is 0 Å². The van der Waals surface area contributed by atoms with Crippen molar-refractivity contribution in [3.63, 3.8) is 0 Å². The Hall–Kier alpha value is -1.22. The number of hydrogen-bond acceptors (Lipinski definition) is 3. The minimum absolute atomic E-state index is 0.707. The molecular formula is C17H27NO2. The lowest BCUT2D eigenvalue weighted by Crippen LogP contribution is -2.34. The third-order valence-electron chi connectivity index (χ3n) is 4.23. The summed E-state index contributed by atoms with van der Waals surface area (Å²) in [5.74, 6) is 2.49. The summed E-state index contributed by atoms with van der Waals surface area (Å²) in [6.45, 7) is 3.40. The van der Waals surface area contributed by atoms with E-state index in [4.69, 9.17) is 9.47 Å². The summed E-state index contributed by atoms with van der Waals surface area (Å²) < 4.78 is 10.6. The lowest BCUT2D eigenvalue weighted by Gasteiger charge is -2.27. The second-order valence-electron chi connectivity index (χ2n) is 5.86. The third-order valence-corrected chi connectivity index (χ3v) is 4.23. The van der Waals surface area contributed by atoms with Crippen LogP contribution in [0.1, 0.15) is 38.2 Å². The topological polar surface area (TPSA) is 30.5 Å². The van der Waals surface area contributed by atoms with Gasteiger partial charge >= 0.3 is 0 Å². The molecule has 0 amide bonds. The lowest BCUT2D eigenvalue weighted by atomic mass is 9.87. The summed E-state index contributed by atoms with van der Waals surface area (Å²) in [6, 6.07) is 6.88. The van der Waals surface area contributed by atoms with E-state index in [0.717, 1.165) is 30.4 Å². The summed E-state index contributed by atoms with van der Waals surface area (Å²) >= 11 is 0. The molecule has 2 rings (SSSR count). The molecule has 1 fully saturated rings. The van der Waals surface area contributed by atoms with Crippen LogP contribution in [0.3, 0.4) is 0 Å². The molecule has 0 bridgehead atoms. The van der Waals surface area contributed by atoms with Crippen LogP contribution in [-0.4, -0.2) is 26.8 Å². The molecule has 1 N–H and O–H groups in total. The van der Waals surface area contributed by atoms with E-state index in [1.807, 2.05) is 6.07 Å². The summed E-state index contributed by atoms with van der Waals surface area (Å²) in [6.07, 6.45) is 6.45. The number of ether oxygens (including phenoxy) is 2. The lowest BCUT2D eigenvalue weighted by molar-refractivity contribution is 0.303. The highest BCUT2D eigenvalue weighted by Gasteiger charge is 2.17. The van der Waals surface area contributed by atoms with Gasteiger partial charge in [0, 0.05) is 6.04 Å². The van der Waals surface area contributed by atoms with Crippen LogP contribution < -0.4 is 14.8 Å². The van der Waals surface area contributed by atoms with Crippen molar-refractivity contribution in [2.45, 2.75) is 45.1 Å². The number of benzene rings is 1. The zero-order valence-electron chi connectivity index (χ0n) is 12.9. The Morgan fingerprint density at radius 3 is 2.65 bits per heavy atom. The first kappa shape index (κ1) is 15.2. The van der Waals surface area contributed by atoms with Crippen LogP contribution in [0.25, 0.3) is 0 Å². The van der Waals surface area contributed by atoms with Crippen molar-refractivity contribution in [1.29, 1.82) is 0 Å². The first-order chi connectivity index (χ1) is 9.72. The first-order valence-electron chi connectivity index (χ1n) is 7.67. The smallest absolute Gasteiger partial charge is 0.160 e. The van der Waals surface area contributed by atoms with Crippen molar-refractivity contribution in [2.75, 3.05) is 20.8 Å². The molecule has 112 valence electrons. The van der Waals surface area contributed by atoms with Gasteiger partial charge in [-0.1, -0.05) is 25.8 Å². The van der Waals surface area contributed by atoms with Crippen LogP contribution in [0.4, 0.5) is 0 Å². The van der Waals surface area contributed by atoms with E-state index in [-0.39, 0.29) is 0 Å². The quantitative estimate of drug-likeness (QED) is 0.864. The largest absolute Gasteiger partial charge is 0.493 e. The maximum atomic E-state index is 5.34. The van der Waals surface area contributed by atoms with Crippen LogP contribution in [0.2, 0.25) is 0 Å². The summed E-state index contributed by atoms with van der Waals surface area (Å²) in [5.41, 5.74) is 1.29. The zero-order chi connectivity index (χ0) is 14.4.